The van der Waals surface area contributed by atoms with Crippen LogP contribution in [0.25, 0.3) is 0 Å². The Morgan fingerprint density at radius 1 is 1.11 bits per heavy atom. The molecule has 35 heavy (non-hydrogen) atoms. The van der Waals surface area contributed by atoms with E-state index in [1.54, 1.807) is 0 Å². The number of aromatic amines is 1. The van der Waals surface area contributed by atoms with Crippen molar-refractivity contribution in [2.24, 2.45) is 0 Å². The third-order valence-corrected chi connectivity index (χ3v) is 7.51. The fourth-order valence-corrected chi connectivity index (χ4v) is 4.80. The first kappa shape index (κ1) is 23.5. The summed E-state index contributed by atoms with van der Waals surface area (Å²) in [6, 6.07) is 5.80. The van der Waals surface area contributed by atoms with Gasteiger partial charge < -0.3 is 20.1 Å². The standard InChI is InChI=1S/C22H31N9O3S/c1-14(2)17-10-16(34-29-17)13-23-22-25-19(24-20-11-18(27-28-20)15-4-5-15)12-21(26-22)30-6-8-31(9-7-30)35(3,32)33/h10-12,14-15H,4-9,13H2,1-3H3,(H3,23,24,25,26,27,28). The zero-order chi connectivity index (χ0) is 24.6. The van der Waals surface area contributed by atoms with E-state index in [4.69, 9.17) is 9.51 Å². The number of nitrogens with one attached hydrogen (secondary N) is 3. The second kappa shape index (κ2) is 9.46. The van der Waals surface area contributed by atoms with Gasteiger partial charge in [-0.25, -0.2) is 8.42 Å². The molecule has 1 saturated heterocycles. The number of sulfonamides is 1. The highest BCUT2D eigenvalue weighted by molar-refractivity contribution is 7.88. The summed E-state index contributed by atoms with van der Waals surface area (Å²) < 4.78 is 30.7. The lowest BCUT2D eigenvalue weighted by Gasteiger charge is -2.34. The van der Waals surface area contributed by atoms with Crippen LogP contribution in [0.4, 0.5) is 23.4 Å². The molecule has 12 nitrogen and oxygen atoms in total. The van der Waals surface area contributed by atoms with Gasteiger partial charge in [0.15, 0.2) is 11.6 Å². The molecule has 5 rings (SSSR count). The molecule has 3 aromatic rings. The van der Waals surface area contributed by atoms with Gasteiger partial charge in [0.2, 0.25) is 16.0 Å². The molecule has 3 N–H and O–H groups in total. The number of aromatic nitrogens is 5. The van der Waals surface area contributed by atoms with Crippen molar-refractivity contribution < 1.29 is 12.9 Å². The van der Waals surface area contributed by atoms with Crippen molar-refractivity contribution in [2.75, 3.05) is 48.0 Å². The van der Waals surface area contributed by atoms with Crippen LogP contribution in [0.1, 0.15) is 55.7 Å². The lowest BCUT2D eigenvalue weighted by Crippen LogP contribution is -2.48. The summed E-state index contributed by atoms with van der Waals surface area (Å²) in [4.78, 5) is 11.4. The maximum atomic E-state index is 11.9. The zero-order valence-electron chi connectivity index (χ0n) is 20.2. The number of hydrogen-bond donors (Lipinski definition) is 3. The van der Waals surface area contributed by atoms with E-state index in [0.29, 0.717) is 67.8 Å². The minimum absolute atomic E-state index is 0.280. The minimum Gasteiger partial charge on any atom is -0.359 e. The molecule has 13 heteroatoms. The van der Waals surface area contributed by atoms with Crippen LogP contribution in [-0.4, -0.2) is 70.5 Å². The quantitative estimate of drug-likeness (QED) is 0.400. The van der Waals surface area contributed by atoms with Gasteiger partial charge in [-0.2, -0.15) is 19.4 Å². The molecule has 188 valence electrons. The van der Waals surface area contributed by atoms with Gasteiger partial charge >= 0.3 is 0 Å². The molecular weight excluding hydrogens is 470 g/mol. The van der Waals surface area contributed by atoms with Gasteiger partial charge in [0.25, 0.3) is 0 Å². The smallest absolute Gasteiger partial charge is 0.227 e. The molecule has 4 heterocycles. The Bertz CT molecular complexity index is 1270. The maximum Gasteiger partial charge on any atom is 0.227 e. The number of nitrogens with zero attached hydrogens (tertiary/aromatic N) is 6. The Balaban J connectivity index is 1.35. The summed E-state index contributed by atoms with van der Waals surface area (Å²) in [6.07, 6.45) is 3.62. The van der Waals surface area contributed by atoms with Crippen LogP contribution >= 0.6 is 0 Å². The molecule has 0 aromatic carbocycles. The Morgan fingerprint density at radius 2 is 1.89 bits per heavy atom. The average molecular weight is 502 g/mol. The van der Waals surface area contributed by atoms with Gasteiger partial charge in [-0.15, -0.1) is 0 Å². The molecule has 0 spiro atoms. The van der Waals surface area contributed by atoms with Crippen LogP contribution in [0.15, 0.2) is 22.7 Å². The van der Waals surface area contributed by atoms with Crippen molar-refractivity contribution >= 4 is 33.4 Å². The molecule has 0 radical (unpaired) electrons. The molecule has 1 saturated carbocycles. The van der Waals surface area contributed by atoms with Crippen molar-refractivity contribution in [3.8, 4) is 0 Å². The maximum absolute atomic E-state index is 11.9. The molecule has 0 amide bonds. The third-order valence-electron chi connectivity index (χ3n) is 6.20. The van der Waals surface area contributed by atoms with E-state index in [1.807, 2.05) is 18.2 Å². The van der Waals surface area contributed by atoms with E-state index in [0.717, 1.165) is 11.4 Å². The number of hydrogen-bond acceptors (Lipinski definition) is 10. The highest BCUT2D eigenvalue weighted by Gasteiger charge is 2.26. The molecule has 0 unspecified atom stereocenters. The Morgan fingerprint density at radius 3 is 2.54 bits per heavy atom. The second-order valence-electron chi connectivity index (χ2n) is 9.42. The average Bonchev–Trinajstić information content (AvgIpc) is 3.37. The van der Waals surface area contributed by atoms with Crippen LogP contribution in [0, 0.1) is 0 Å². The lowest BCUT2D eigenvalue weighted by atomic mass is 10.1. The SMILES string of the molecule is CC(C)c1cc(CNc2nc(Nc3cc(C4CC4)[nH]n3)cc(N3CCN(S(C)(=O)=O)CC3)n2)on1. The van der Waals surface area contributed by atoms with E-state index in [9.17, 15) is 8.42 Å². The Kier molecular flexibility index (Phi) is 6.36. The normalized spacial score (nSPS) is 17.2. The van der Waals surface area contributed by atoms with E-state index >= 15 is 0 Å². The van der Waals surface area contributed by atoms with Crippen LogP contribution in [0.3, 0.4) is 0 Å². The number of H-pyrrole nitrogens is 1. The second-order valence-corrected chi connectivity index (χ2v) is 11.4. The molecule has 1 aliphatic carbocycles. The summed E-state index contributed by atoms with van der Waals surface area (Å²) >= 11 is 0. The first-order chi connectivity index (χ1) is 16.7. The van der Waals surface area contributed by atoms with Crippen LogP contribution in [0.2, 0.25) is 0 Å². The Labute approximate surface area is 204 Å². The van der Waals surface area contributed by atoms with Crippen molar-refractivity contribution in [3.05, 3.63) is 35.3 Å². The van der Waals surface area contributed by atoms with Gasteiger partial charge in [-0.05, 0) is 18.8 Å². The van der Waals surface area contributed by atoms with Crippen LogP contribution in [0.5, 0.6) is 0 Å². The fourth-order valence-electron chi connectivity index (χ4n) is 3.97. The number of piperazine rings is 1. The third kappa shape index (κ3) is 5.73. The summed E-state index contributed by atoms with van der Waals surface area (Å²) in [7, 11) is -3.21. The van der Waals surface area contributed by atoms with Crippen molar-refractivity contribution in [1.82, 2.24) is 29.6 Å². The highest BCUT2D eigenvalue weighted by atomic mass is 32.2. The van der Waals surface area contributed by atoms with Gasteiger partial charge in [0.1, 0.15) is 11.6 Å². The molecule has 0 bridgehead atoms. The van der Waals surface area contributed by atoms with Crippen molar-refractivity contribution in [1.29, 1.82) is 0 Å². The van der Waals surface area contributed by atoms with E-state index in [1.165, 1.54) is 23.4 Å². The van der Waals surface area contributed by atoms with E-state index in [2.05, 4.69) is 49.7 Å². The van der Waals surface area contributed by atoms with Crippen LogP contribution in [-0.2, 0) is 16.6 Å². The first-order valence-electron chi connectivity index (χ1n) is 11.9. The lowest BCUT2D eigenvalue weighted by molar-refractivity contribution is 0.379. The fraction of sp³-hybridized carbons (Fsp3) is 0.545. The highest BCUT2D eigenvalue weighted by Crippen LogP contribution is 2.39. The van der Waals surface area contributed by atoms with E-state index < -0.39 is 10.0 Å². The predicted octanol–water partition coefficient (Wildman–Crippen LogP) is 2.63. The minimum atomic E-state index is -3.21. The number of rotatable bonds is 9. The molecule has 2 fully saturated rings. The topological polar surface area (TPSA) is 145 Å². The molecular formula is C22H31N9O3S. The summed E-state index contributed by atoms with van der Waals surface area (Å²) in [5, 5.41) is 18.1. The van der Waals surface area contributed by atoms with Gasteiger partial charge in [0.05, 0.1) is 18.5 Å². The van der Waals surface area contributed by atoms with Crippen LogP contribution < -0.4 is 15.5 Å². The van der Waals surface area contributed by atoms with Gasteiger partial charge in [-0.1, -0.05) is 19.0 Å². The van der Waals surface area contributed by atoms with Crippen molar-refractivity contribution in [3.63, 3.8) is 0 Å². The zero-order valence-corrected chi connectivity index (χ0v) is 21.0. The van der Waals surface area contributed by atoms with Gasteiger partial charge in [0, 0.05) is 56.0 Å². The molecule has 0 atom stereocenters. The number of anilines is 4. The summed E-state index contributed by atoms with van der Waals surface area (Å²) in [5.41, 5.74) is 2.02. The largest absolute Gasteiger partial charge is 0.359 e. The monoisotopic (exact) mass is 501 g/mol. The van der Waals surface area contributed by atoms with Gasteiger partial charge in [-0.3, -0.25) is 5.10 Å². The Hall–Kier alpha value is -3.19. The molecule has 1 aliphatic heterocycles. The molecule has 3 aromatic heterocycles. The first-order valence-corrected chi connectivity index (χ1v) is 13.7. The van der Waals surface area contributed by atoms with E-state index in [-0.39, 0.29) is 5.92 Å². The van der Waals surface area contributed by atoms with Crippen molar-refractivity contribution in [2.45, 2.75) is 45.1 Å². The summed E-state index contributed by atoms with van der Waals surface area (Å²) in [6.45, 7) is 6.41. The predicted molar refractivity (Wildman–Crippen MR) is 132 cm³/mol. The summed E-state index contributed by atoms with van der Waals surface area (Å²) in [5.74, 6) is 3.97. The molecule has 2 aliphatic rings.